The number of guanidine groups is 1. The van der Waals surface area contributed by atoms with Crippen LogP contribution in [-0.2, 0) is 11.2 Å². The van der Waals surface area contributed by atoms with E-state index in [0.29, 0.717) is 24.4 Å². The van der Waals surface area contributed by atoms with E-state index < -0.39 is 0 Å². The third-order valence-corrected chi connectivity index (χ3v) is 6.51. The maximum Gasteiger partial charge on any atom is 0.246 e. The van der Waals surface area contributed by atoms with Gasteiger partial charge in [0.2, 0.25) is 5.91 Å². The average Bonchev–Trinajstić information content (AvgIpc) is 2.78. The zero-order chi connectivity index (χ0) is 24.3. The van der Waals surface area contributed by atoms with Gasteiger partial charge in [-0.25, -0.2) is 4.99 Å². The lowest BCUT2D eigenvalue weighted by Crippen LogP contribution is -2.41. The molecule has 1 atom stereocenters. The number of phenolic OH excluding ortho intramolecular Hbond substituents is 1. The maximum atomic E-state index is 12.6. The Kier molecular flexibility index (Phi) is 7.01. The van der Waals surface area contributed by atoms with Gasteiger partial charge in [-0.15, -0.1) is 0 Å². The first-order valence-corrected chi connectivity index (χ1v) is 11.1. The molecule has 1 amide bonds. The molecule has 3 rings (SSSR count). The largest absolute Gasteiger partial charge is 0.507 e. The van der Waals surface area contributed by atoms with Gasteiger partial charge in [0.25, 0.3) is 0 Å². The van der Waals surface area contributed by atoms with Crippen molar-refractivity contribution in [1.29, 1.82) is 0 Å². The second-order valence-electron chi connectivity index (χ2n) is 9.05. The van der Waals surface area contributed by atoms with Crippen molar-refractivity contribution >= 4 is 23.6 Å². The number of carbonyl (C=O) groups is 1. The second kappa shape index (κ2) is 9.57. The van der Waals surface area contributed by atoms with Crippen LogP contribution in [0, 0.1) is 20.8 Å². The van der Waals surface area contributed by atoms with Crippen molar-refractivity contribution in [2.75, 3.05) is 13.6 Å². The highest BCUT2D eigenvalue weighted by Gasteiger charge is 2.34. The molecular formula is C26H34N4O3. The number of amides is 1. The standard InChI is InChI=1S/C26H34N4O3/c1-16-17(2)24-21(18(3)23(16)32)12-13-26(4,33-24)14-15-30(5)22(31)11-8-19-6-9-20(10-7-19)29-25(27)28/h6-11,32H,12-15H2,1-5H3,(H4,27,28,29). The highest BCUT2D eigenvalue weighted by atomic mass is 16.5. The molecule has 0 saturated heterocycles. The first-order chi connectivity index (χ1) is 15.5. The smallest absolute Gasteiger partial charge is 0.246 e. The quantitative estimate of drug-likeness (QED) is 0.351. The van der Waals surface area contributed by atoms with Crippen LogP contribution in [0.5, 0.6) is 11.5 Å². The van der Waals surface area contributed by atoms with Crippen molar-refractivity contribution in [3.8, 4) is 11.5 Å². The van der Waals surface area contributed by atoms with Crippen LogP contribution in [0.1, 0.15) is 47.6 Å². The van der Waals surface area contributed by atoms with E-state index in [9.17, 15) is 9.90 Å². The van der Waals surface area contributed by atoms with Crippen molar-refractivity contribution < 1.29 is 14.6 Å². The summed E-state index contributed by atoms with van der Waals surface area (Å²) in [5.74, 6) is 1.18. The normalized spacial score (nSPS) is 17.4. The first kappa shape index (κ1) is 24.2. The highest BCUT2D eigenvalue weighted by molar-refractivity contribution is 5.91. The summed E-state index contributed by atoms with van der Waals surface area (Å²) in [6, 6.07) is 7.28. The molecule has 1 aliphatic rings. The molecule has 33 heavy (non-hydrogen) atoms. The molecule has 1 unspecified atom stereocenters. The molecule has 0 aliphatic carbocycles. The summed E-state index contributed by atoms with van der Waals surface area (Å²) in [6.45, 7) is 8.52. The Morgan fingerprint density at radius 2 is 1.85 bits per heavy atom. The molecule has 0 radical (unpaired) electrons. The summed E-state index contributed by atoms with van der Waals surface area (Å²) in [4.78, 5) is 18.3. The zero-order valence-electron chi connectivity index (χ0n) is 20.1. The summed E-state index contributed by atoms with van der Waals surface area (Å²) in [5.41, 5.74) is 15.8. The summed E-state index contributed by atoms with van der Waals surface area (Å²) in [6.07, 6.45) is 5.74. The molecule has 5 N–H and O–H groups in total. The van der Waals surface area contributed by atoms with Crippen LogP contribution in [0.2, 0.25) is 0 Å². The Morgan fingerprint density at radius 1 is 1.18 bits per heavy atom. The summed E-state index contributed by atoms with van der Waals surface area (Å²) in [5, 5.41) is 10.4. The number of phenols is 1. The van der Waals surface area contributed by atoms with E-state index in [-0.39, 0.29) is 17.5 Å². The van der Waals surface area contributed by atoms with Gasteiger partial charge in [-0.05, 0) is 81.0 Å². The van der Waals surface area contributed by atoms with E-state index in [1.165, 1.54) is 0 Å². The number of benzene rings is 2. The maximum absolute atomic E-state index is 12.6. The Balaban J connectivity index is 1.61. The molecule has 1 heterocycles. The van der Waals surface area contributed by atoms with Crippen LogP contribution < -0.4 is 16.2 Å². The topological polar surface area (TPSA) is 114 Å². The van der Waals surface area contributed by atoms with Crippen LogP contribution >= 0.6 is 0 Å². The molecule has 2 aromatic carbocycles. The predicted molar refractivity (Wildman–Crippen MR) is 133 cm³/mol. The number of likely N-dealkylation sites (N-methyl/N-ethyl adjacent to an activating group) is 1. The van der Waals surface area contributed by atoms with E-state index in [4.69, 9.17) is 16.2 Å². The molecule has 7 heteroatoms. The lowest BCUT2D eigenvalue weighted by atomic mass is 9.85. The van der Waals surface area contributed by atoms with Gasteiger partial charge < -0.3 is 26.2 Å². The summed E-state index contributed by atoms with van der Waals surface area (Å²) in [7, 11) is 1.80. The lowest BCUT2D eigenvalue weighted by Gasteiger charge is -2.38. The number of fused-ring (bicyclic) bond motifs is 1. The second-order valence-corrected chi connectivity index (χ2v) is 9.05. The minimum absolute atomic E-state index is 0.00722. The van der Waals surface area contributed by atoms with Crippen molar-refractivity contribution in [2.45, 2.75) is 52.6 Å². The highest BCUT2D eigenvalue weighted by Crippen LogP contribution is 2.44. The third kappa shape index (κ3) is 5.48. The summed E-state index contributed by atoms with van der Waals surface area (Å²) < 4.78 is 6.47. The predicted octanol–water partition coefficient (Wildman–Crippen LogP) is 3.87. The lowest BCUT2D eigenvalue weighted by molar-refractivity contribution is -0.125. The molecule has 1 aliphatic heterocycles. The fraction of sp³-hybridized carbons (Fsp3) is 0.385. The third-order valence-electron chi connectivity index (χ3n) is 6.51. The molecule has 176 valence electrons. The van der Waals surface area contributed by atoms with E-state index in [1.54, 1.807) is 36.2 Å². The number of rotatable bonds is 6. The molecule has 0 fully saturated rings. The van der Waals surface area contributed by atoms with E-state index in [2.05, 4.69) is 11.9 Å². The van der Waals surface area contributed by atoms with E-state index in [1.807, 2.05) is 32.9 Å². The van der Waals surface area contributed by atoms with Crippen LogP contribution in [-0.4, -0.2) is 41.1 Å². The van der Waals surface area contributed by atoms with Crippen LogP contribution in [0.4, 0.5) is 5.69 Å². The first-order valence-electron chi connectivity index (χ1n) is 11.1. The van der Waals surface area contributed by atoms with Gasteiger partial charge >= 0.3 is 0 Å². The van der Waals surface area contributed by atoms with Gasteiger partial charge in [0.05, 0.1) is 5.69 Å². The monoisotopic (exact) mass is 450 g/mol. The van der Waals surface area contributed by atoms with Crippen molar-refractivity contribution in [1.82, 2.24) is 4.90 Å². The molecule has 0 aromatic heterocycles. The van der Waals surface area contributed by atoms with E-state index in [0.717, 1.165) is 46.4 Å². The van der Waals surface area contributed by atoms with Crippen molar-refractivity contribution in [3.63, 3.8) is 0 Å². The molecular weight excluding hydrogens is 416 g/mol. The van der Waals surface area contributed by atoms with Gasteiger partial charge in [-0.3, -0.25) is 4.79 Å². The number of nitrogens with two attached hydrogens (primary N) is 2. The van der Waals surface area contributed by atoms with Crippen LogP contribution in [0.25, 0.3) is 6.08 Å². The van der Waals surface area contributed by atoms with Gasteiger partial charge in [0, 0.05) is 31.7 Å². The number of aromatic hydroxyl groups is 1. The molecule has 2 aromatic rings. The van der Waals surface area contributed by atoms with Gasteiger partial charge in [-0.2, -0.15) is 0 Å². The van der Waals surface area contributed by atoms with Crippen molar-refractivity contribution in [2.24, 2.45) is 16.5 Å². The summed E-state index contributed by atoms with van der Waals surface area (Å²) >= 11 is 0. The number of hydrogen-bond donors (Lipinski definition) is 3. The fourth-order valence-electron chi connectivity index (χ4n) is 4.09. The molecule has 0 saturated carbocycles. The number of hydrogen-bond acceptors (Lipinski definition) is 4. The number of ether oxygens (including phenoxy) is 1. The Bertz CT molecular complexity index is 1100. The minimum Gasteiger partial charge on any atom is -0.507 e. The zero-order valence-corrected chi connectivity index (χ0v) is 20.1. The van der Waals surface area contributed by atoms with E-state index >= 15 is 0 Å². The Morgan fingerprint density at radius 3 is 2.48 bits per heavy atom. The molecule has 0 bridgehead atoms. The number of aliphatic imine (C=N–C) groups is 1. The number of carbonyl (C=O) groups excluding carboxylic acids is 1. The van der Waals surface area contributed by atoms with Gasteiger partial charge in [0.1, 0.15) is 17.1 Å². The molecule has 0 spiro atoms. The van der Waals surface area contributed by atoms with Crippen LogP contribution in [0.15, 0.2) is 35.3 Å². The van der Waals surface area contributed by atoms with Gasteiger partial charge in [0.15, 0.2) is 5.96 Å². The SMILES string of the molecule is Cc1c(C)c2c(c(C)c1O)CCC(C)(CCN(C)C(=O)C=Cc1ccc(N=C(N)N)cc1)O2. The van der Waals surface area contributed by atoms with Crippen molar-refractivity contribution in [3.05, 3.63) is 58.2 Å². The fourth-order valence-corrected chi connectivity index (χ4v) is 4.09. The minimum atomic E-state index is -0.368. The number of nitrogens with zero attached hydrogens (tertiary/aromatic N) is 2. The van der Waals surface area contributed by atoms with Crippen LogP contribution in [0.3, 0.4) is 0 Å². The average molecular weight is 451 g/mol. The van der Waals surface area contributed by atoms with Gasteiger partial charge in [-0.1, -0.05) is 12.1 Å². The Labute approximate surface area is 195 Å². The molecule has 7 nitrogen and oxygen atoms in total. The Hall–Kier alpha value is -3.48.